The third-order valence-corrected chi connectivity index (χ3v) is 5.23. The van der Waals surface area contributed by atoms with Gasteiger partial charge >= 0.3 is 5.97 Å². The van der Waals surface area contributed by atoms with E-state index in [0.717, 1.165) is 32.2 Å². The molecule has 0 aliphatic heterocycles. The average Bonchev–Trinajstić information content (AvgIpc) is 2.74. The van der Waals surface area contributed by atoms with Crippen molar-refractivity contribution >= 4 is 11.9 Å². The molecule has 2 aliphatic rings. The maximum absolute atomic E-state index is 12.0. The Bertz CT molecular complexity index is 340. The van der Waals surface area contributed by atoms with Crippen LogP contribution < -0.4 is 5.32 Å². The molecule has 0 heterocycles. The Hall–Kier alpha value is -1.06. The van der Waals surface area contributed by atoms with Gasteiger partial charge in [0, 0.05) is 13.0 Å². The van der Waals surface area contributed by atoms with E-state index in [1.165, 1.54) is 38.5 Å². The lowest BCUT2D eigenvalue weighted by Crippen LogP contribution is -2.33. The second kappa shape index (κ2) is 8.40. The fraction of sp³-hybridized carbons (Fsp3) is 0.882. The molecule has 21 heavy (non-hydrogen) atoms. The van der Waals surface area contributed by atoms with Crippen molar-refractivity contribution in [3.8, 4) is 0 Å². The van der Waals surface area contributed by atoms with E-state index in [1.54, 1.807) is 0 Å². The first kappa shape index (κ1) is 16.3. The summed E-state index contributed by atoms with van der Waals surface area (Å²) in [5.41, 5.74) is 0. The van der Waals surface area contributed by atoms with Crippen LogP contribution in [0.5, 0.6) is 0 Å². The van der Waals surface area contributed by atoms with Crippen molar-refractivity contribution in [1.82, 2.24) is 5.32 Å². The molecule has 0 radical (unpaired) electrons. The molecule has 0 spiro atoms. The highest BCUT2D eigenvalue weighted by Gasteiger charge is 2.26. The Morgan fingerprint density at radius 1 is 0.857 bits per heavy atom. The molecule has 2 aliphatic carbocycles. The van der Waals surface area contributed by atoms with Gasteiger partial charge in [-0.2, -0.15) is 0 Å². The van der Waals surface area contributed by atoms with Gasteiger partial charge in [0.25, 0.3) is 0 Å². The molecule has 0 aromatic carbocycles. The highest BCUT2D eigenvalue weighted by Crippen LogP contribution is 2.29. The van der Waals surface area contributed by atoms with Crippen molar-refractivity contribution in [2.75, 3.05) is 6.54 Å². The summed E-state index contributed by atoms with van der Waals surface area (Å²) in [5.74, 6) is 0.421. The summed E-state index contributed by atoms with van der Waals surface area (Å²) in [7, 11) is 0. The largest absolute Gasteiger partial charge is 0.481 e. The van der Waals surface area contributed by atoms with Crippen LogP contribution in [0, 0.1) is 17.8 Å². The van der Waals surface area contributed by atoms with Crippen molar-refractivity contribution < 1.29 is 14.7 Å². The standard InChI is InChI=1S/C17H29NO3/c19-16(11-13-5-3-1-2-4-6-13)18-12-14-7-9-15(10-8-14)17(20)21/h13-15H,1-12H2,(H,18,19)(H,20,21). The maximum Gasteiger partial charge on any atom is 0.306 e. The normalized spacial score (nSPS) is 27.8. The maximum atomic E-state index is 12.0. The third kappa shape index (κ3) is 5.68. The van der Waals surface area contributed by atoms with Gasteiger partial charge in [-0.15, -0.1) is 0 Å². The van der Waals surface area contributed by atoms with E-state index in [4.69, 9.17) is 5.11 Å². The first-order chi connectivity index (χ1) is 10.1. The molecule has 0 atom stereocenters. The number of carbonyl (C=O) groups excluding carboxylic acids is 1. The molecule has 4 heteroatoms. The summed E-state index contributed by atoms with van der Waals surface area (Å²) in [6.45, 7) is 0.734. The van der Waals surface area contributed by atoms with Crippen molar-refractivity contribution in [3.05, 3.63) is 0 Å². The number of nitrogens with one attached hydrogen (secondary N) is 1. The zero-order valence-electron chi connectivity index (χ0n) is 13.0. The van der Waals surface area contributed by atoms with E-state index in [9.17, 15) is 9.59 Å². The molecule has 0 saturated heterocycles. The Kier molecular flexibility index (Phi) is 6.52. The Morgan fingerprint density at radius 2 is 1.48 bits per heavy atom. The number of rotatable bonds is 5. The number of hydrogen-bond acceptors (Lipinski definition) is 2. The van der Waals surface area contributed by atoms with Crippen molar-refractivity contribution in [2.24, 2.45) is 17.8 Å². The second-order valence-corrected chi connectivity index (χ2v) is 6.92. The summed E-state index contributed by atoms with van der Waals surface area (Å²) in [4.78, 5) is 22.9. The number of carbonyl (C=O) groups is 2. The first-order valence-corrected chi connectivity index (χ1v) is 8.64. The molecule has 0 aromatic rings. The minimum Gasteiger partial charge on any atom is -0.481 e. The number of carboxylic acids is 1. The van der Waals surface area contributed by atoms with Crippen LogP contribution in [0.4, 0.5) is 0 Å². The minimum atomic E-state index is -0.661. The highest BCUT2D eigenvalue weighted by atomic mass is 16.4. The predicted octanol–water partition coefficient (Wildman–Crippen LogP) is 3.35. The van der Waals surface area contributed by atoms with Gasteiger partial charge in [-0.1, -0.05) is 25.7 Å². The molecule has 120 valence electrons. The lowest BCUT2D eigenvalue weighted by atomic mass is 9.82. The van der Waals surface area contributed by atoms with Crippen LogP contribution in [0.25, 0.3) is 0 Å². The molecule has 4 nitrogen and oxygen atoms in total. The number of carboxylic acid groups (broad SMARTS) is 1. The molecule has 2 fully saturated rings. The Balaban J connectivity index is 1.61. The van der Waals surface area contributed by atoms with Gasteiger partial charge < -0.3 is 10.4 Å². The predicted molar refractivity (Wildman–Crippen MR) is 81.9 cm³/mol. The fourth-order valence-electron chi connectivity index (χ4n) is 3.77. The molecule has 0 aromatic heterocycles. The summed E-state index contributed by atoms with van der Waals surface area (Å²) >= 11 is 0. The summed E-state index contributed by atoms with van der Waals surface area (Å²) < 4.78 is 0. The van der Waals surface area contributed by atoms with Gasteiger partial charge in [-0.25, -0.2) is 0 Å². The molecule has 2 rings (SSSR count). The molecular weight excluding hydrogens is 266 g/mol. The van der Waals surface area contributed by atoms with Crippen LogP contribution >= 0.6 is 0 Å². The van der Waals surface area contributed by atoms with Gasteiger partial charge in [-0.3, -0.25) is 9.59 Å². The van der Waals surface area contributed by atoms with Crippen LogP contribution in [-0.2, 0) is 9.59 Å². The first-order valence-electron chi connectivity index (χ1n) is 8.64. The zero-order valence-corrected chi connectivity index (χ0v) is 13.0. The summed E-state index contributed by atoms with van der Waals surface area (Å²) in [5, 5.41) is 12.1. The van der Waals surface area contributed by atoms with E-state index < -0.39 is 5.97 Å². The minimum absolute atomic E-state index is 0.164. The monoisotopic (exact) mass is 295 g/mol. The lowest BCUT2D eigenvalue weighted by Gasteiger charge is -2.26. The number of aliphatic carboxylic acids is 1. The van der Waals surface area contributed by atoms with E-state index in [2.05, 4.69) is 5.32 Å². The molecular formula is C17H29NO3. The van der Waals surface area contributed by atoms with Gasteiger partial charge in [-0.05, 0) is 50.4 Å². The van der Waals surface area contributed by atoms with Crippen LogP contribution in [0.1, 0.15) is 70.6 Å². The van der Waals surface area contributed by atoms with Crippen molar-refractivity contribution in [1.29, 1.82) is 0 Å². The number of amides is 1. The van der Waals surface area contributed by atoms with E-state index in [1.807, 2.05) is 0 Å². The molecule has 2 saturated carbocycles. The summed E-state index contributed by atoms with van der Waals surface area (Å²) in [6, 6.07) is 0. The Morgan fingerprint density at radius 3 is 2.05 bits per heavy atom. The average molecular weight is 295 g/mol. The Labute approximate surface area is 127 Å². The molecule has 2 N–H and O–H groups in total. The van der Waals surface area contributed by atoms with Crippen molar-refractivity contribution in [2.45, 2.75) is 70.6 Å². The SMILES string of the molecule is O=C(CC1CCCCCC1)NCC1CCC(C(=O)O)CC1. The topological polar surface area (TPSA) is 66.4 Å². The van der Waals surface area contributed by atoms with E-state index in [-0.39, 0.29) is 11.8 Å². The molecule has 0 unspecified atom stereocenters. The van der Waals surface area contributed by atoms with Gasteiger partial charge in [0.15, 0.2) is 0 Å². The zero-order chi connectivity index (χ0) is 15.1. The lowest BCUT2D eigenvalue weighted by molar-refractivity contribution is -0.143. The van der Waals surface area contributed by atoms with Gasteiger partial charge in [0.05, 0.1) is 5.92 Å². The highest BCUT2D eigenvalue weighted by molar-refractivity contribution is 5.76. The van der Waals surface area contributed by atoms with Crippen LogP contribution in [0.15, 0.2) is 0 Å². The van der Waals surface area contributed by atoms with Crippen LogP contribution in [0.3, 0.4) is 0 Å². The van der Waals surface area contributed by atoms with Gasteiger partial charge in [0.2, 0.25) is 5.91 Å². The molecule has 0 bridgehead atoms. The van der Waals surface area contributed by atoms with Crippen molar-refractivity contribution in [3.63, 3.8) is 0 Å². The summed E-state index contributed by atoms with van der Waals surface area (Å²) in [6.07, 6.45) is 11.7. The van der Waals surface area contributed by atoms with E-state index >= 15 is 0 Å². The van der Waals surface area contributed by atoms with Crippen LogP contribution in [-0.4, -0.2) is 23.5 Å². The number of hydrogen-bond donors (Lipinski definition) is 2. The second-order valence-electron chi connectivity index (χ2n) is 6.92. The fourth-order valence-corrected chi connectivity index (χ4v) is 3.77. The quantitative estimate of drug-likeness (QED) is 0.764. The third-order valence-electron chi connectivity index (χ3n) is 5.23. The smallest absolute Gasteiger partial charge is 0.306 e. The van der Waals surface area contributed by atoms with Crippen LogP contribution in [0.2, 0.25) is 0 Å². The van der Waals surface area contributed by atoms with Gasteiger partial charge in [0.1, 0.15) is 0 Å². The van der Waals surface area contributed by atoms with E-state index in [0.29, 0.717) is 18.3 Å². The molecule has 1 amide bonds.